The van der Waals surface area contributed by atoms with E-state index in [0.29, 0.717) is 6.61 Å². The molecule has 0 aliphatic carbocycles. The third-order valence-electron chi connectivity index (χ3n) is 1.77. The molecule has 1 aromatic carbocycles. The van der Waals surface area contributed by atoms with E-state index in [0.717, 1.165) is 11.3 Å². The molecule has 0 saturated heterocycles. The monoisotopic (exact) mass is 195 g/mol. The maximum atomic E-state index is 10.2. The molecule has 0 radical (unpaired) electrons. The van der Waals surface area contributed by atoms with Crippen LogP contribution in [-0.2, 0) is 16.1 Å². The lowest BCUT2D eigenvalue weighted by Gasteiger charge is -2.07. The van der Waals surface area contributed by atoms with E-state index in [2.05, 4.69) is 5.32 Å². The lowest BCUT2D eigenvalue weighted by Crippen LogP contribution is -2.07. The third-order valence-corrected chi connectivity index (χ3v) is 1.77. The number of benzene rings is 1. The van der Waals surface area contributed by atoms with Crippen LogP contribution in [0.1, 0.15) is 5.56 Å². The van der Waals surface area contributed by atoms with E-state index in [1.54, 1.807) is 0 Å². The Bertz CT molecular complexity index is 312. The predicted octanol–water partition coefficient (Wildman–Crippen LogP) is 1.33. The zero-order valence-electron chi connectivity index (χ0n) is 7.99. The molecule has 0 spiro atoms. The molecule has 0 atom stereocenters. The van der Waals surface area contributed by atoms with Crippen molar-refractivity contribution in [2.24, 2.45) is 0 Å². The van der Waals surface area contributed by atoms with Crippen molar-refractivity contribution >= 4 is 11.7 Å². The van der Waals surface area contributed by atoms with Crippen molar-refractivity contribution in [2.45, 2.75) is 6.61 Å². The minimum Gasteiger partial charge on any atom is -0.480 e. The molecule has 0 amide bonds. The summed E-state index contributed by atoms with van der Waals surface area (Å²) in [5.74, 6) is -0.952. The second-order valence-corrected chi connectivity index (χ2v) is 2.79. The van der Waals surface area contributed by atoms with Crippen molar-refractivity contribution in [1.29, 1.82) is 0 Å². The fourth-order valence-electron chi connectivity index (χ4n) is 1.14. The Labute approximate surface area is 82.5 Å². The summed E-state index contributed by atoms with van der Waals surface area (Å²) >= 11 is 0. The summed E-state index contributed by atoms with van der Waals surface area (Å²) in [5, 5.41) is 11.4. The number of aliphatic carboxylic acids is 1. The predicted molar refractivity (Wildman–Crippen MR) is 53.3 cm³/mol. The number of para-hydroxylation sites is 1. The molecule has 0 saturated carbocycles. The molecule has 0 heterocycles. The van der Waals surface area contributed by atoms with Crippen molar-refractivity contribution in [3.63, 3.8) is 0 Å². The smallest absolute Gasteiger partial charge is 0.329 e. The van der Waals surface area contributed by atoms with Crippen molar-refractivity contribution in [1.82, 2.24) is 0 Å². The highest BCUT2D eigenvalue weighted by atomic mass is 16.5. The van der Waals surface area contributed by atoms with Crippen LogP contribution in [0.25, 0.3) is 0 Å². The number of carbonyl (C=O) groups is 1. The van der Waals surface area contributed by atoms with E-state index < -0.39 is 5.97 Å². The molecule has 0 aliphatic heterocycles. The Morgan fingerprint density at radius 3 is 2.86 bits per heavy atom. The topological polar surface area (TPSA) is 58.6 Å². The second-order valence-electron chi connectivity index (χ2n) is 2.79. The van der Waals surface area contributed by atoms with Gasteiger partial charge < -0.3 is 15.2 Å². The van der Waals surface area contributed by atoms with Crippen LogP contribution in [0.5, 0.6) is 0 Å². The van der Waals surface area contributed by atoms with Crippen LogP contribution >= 0.6 is 0 Å². The number of carboxylic acid groups (broad SMARTS) is 1. The van der Waals surface area contributed by atoms with Crippen LogP contribution in [0, 0.1) is 0 Å². The summed E-state index contributed by atoms with van der Waals surface area (Å²) in [5.41, 5.74) is 1.91. The minimum absolute atomic E-state index is 0.266. The molecule has 14 heavy (non-hydrogen) atoms. The highest BCUT2D eigenvalue weighted by Gasteiger charge is 2.01. The number of carboxylic acids is 1. The van der Waals surface area contributed by atoms with E-state index in [-0.39, 0.29) is 6.61 Å². The van der Waals surface area contributed by atoms with E-state index in [4.69, 9.17) is 9.84 Å². The first kappa shape index (κ1) is 10.5. The average Bonchev–Trinajstić information content (AvgIpc) is 2.18. The molecule has 4 heteroatoms. The Balaban J connectivity index is 2.53. The van der Waals surface area contributed by atoms with Crippen LogP contribution in [-0.4, -0.2) is 24.7 Å². The standard InChI is InChI=1S/C10H13NO3/c1-11-9-5-3-2-4-8(9)6-14-7-10(12)13/h2-5,11H,6-7H2,1H3,(H,12,13). The number of anilines is 1. The normalized spacial score (nSPS) is 9.79. The quantitative estimate of drug-likeness (QED) is 0.744. The van der Waals surface area contributed by atoms with Crippen LogP contribution in [0.2, 0.25) is 0 Å². The summed E-state index contributed by atoms with van der Waals surface area (Å²) < 4.78 is 4.98. The zero-order valence-corrected chi connectivity index (χ0v) is 7.99. The maximum Gasteiger partial charge on any atom is 0.329 e. The first-order chi connectivity index (χ1) is 6.74. The highest BCUT2D eigenvalue weighted by molar-refractivity contribution is 5.68. The fourth-order valence-corrected chi connectivity index (χ4v) is 1.14. The van der Waals surface area contributed by atoms with Crippen LogP contribution in [0.4, 0.5) is 5.69 Å². The minimum atomic E-state index is -0.952. The van der Waals surface area contributed by atoms with Gasteiger partial charge in [-0.15, -0.1) is 0 Å². The van der Waals surface area contributed by atoms with Gasteiger partial charge in [-0.25, -0.2) is 4.79 Å². The molecular formula is C10H13NO3. The number of nitrogens with one attached hydrogen (secondary N) is 1. The number of rotatable bonds is 5. The summed E-state index contributed by atoms with van der Waals surface area (Å²) in [6.45, 7) is 0.0430. The molecule has 4 nitrogen and oxygen atoms in total. The van der Waals surface area contributed by atoms with Crippen molar-refractivity contribution < 1.29 is 14.6 Å². The van der Waals surface area contributed by atoms with Gasteiger partial charge in [0.15, 0.2) is 0 Å². The first-order valence-electron chi connectivity index (χ1n) is 4.29. The van der Waals surface area contributed by atoms with Gasteiger partial charge in [-0.2, -0.15) is 0 Å². The van der Waals surface area contributed by atoms with E-state index in [1.165, 1.54) is 0 Å². The summed E-state index contributed by atoms with van der Waals surface area (Å²) in [6, 6.07) is 7.61. The van der Waals surface area contributed by atoms with Gasteiger partial charge in [-0.1, -0.05) is 18.2 Å². The third kappa shape index (κ3) is 3.06. The Morgan fingerprint density at radius 1 is 1.50 bits per heavy atom. The van der Waals surface area contributed by atoms with Gasteiger partial charge in [-0.3, -0.25) is 0 Å². The molecule has 1 rings (SSSR count). The van der Waals surface area contributed by atoms with E-state index in [9.17, 15) is 4.79 Å². The van der Waals surface area contributed by atoms with Gasteiger partial charge in [0.1, 0.15) is 6.61 Å². The van der Waals surface area contributed by atoms with E-state index in [1.807, 2.05) is 31.3 Å². The summed E-state index contributed by atoms with van der Waals surface area (Å²) in [6.07, 6.45) is 0. The van der Waals surface area contributed by atoms with Gasteiger partial charge in [0.25, 0.3) is 0 Å². The molecule has 0 unspecified atom stereocenters. The SMILES string of the molecule is CNc1ccccc1COCC(=O)O. The molecule has 2 N–H and O–H groups in total. The van der Waals surface area contributed by atoms with Crippen LogP contribution in [0.3, 0.4) is 0 Å². The number of ether oxygens (including phenoxy) is 1. The van der Waals surface area contributed by atoms with Gasteiger partial charge in [-0.05, 0) is 6.07 Å². The number of hydrogen-bond donors (Lipinski definition) is 2. The molecule has 0 fully saturated rings. The largest absolute Gasteiger partial charge is 0.480 e. The first-order valence-corrected chi connectivity index (χ1v) is 4.29. The van der Waals surface area contributed by atoms with Gasteiger partial charge in [0, 0.05) is 18.3 Å². The molecule has 0 aliphatic rings. The second kappa shape index (κ2) is 5.24. The van der Waals surface area contributed by atoms with Gasteiger partial charge in [0.05, 0.1) is 6.61 Å². The summed E-state index contributed by atoms with van der Waals surface area (Å²) in [4.78, 5) is 10.2. The zero-order chi connectivity index (χ0) is 10.4. The molecule has 1 aromatic rings. The number of hydrogen-bond acceptors (Lipinski definition) is 3. The summed E-state index contributed by atoms with van der Waals surface area (Å²) in [7, 11) is 1.82. The Kier molecular flexibility index (Phi) is 3.94. The van der Waals surface area contributed by atoms with Crippen LogP contribution in [0.15, 0.2) is 24.3 Å². The van der Waals surface area contributed by atoms with Crippen molar-refractivity contribution in [3.8, 4) is 0 Å². The molecule has 0 bridgehead atoms. The lowest BCUT2D eigenvalue weighted by molar-refractivity contribution is -0.142. The fraction of sp³-hybridized carbons (Fsp3) is 0.300. The molecule has 76 valence electrons. The average molecular weight is 195 g/mol. The Hall–Kier alpha value is -1.55. The van der Waals surface area contributed by atoms with Gasteiger partial charge >= 0.3 is 5.97 Å². The van der Waals surface area contributed by atoms with E-state index >= 15 is 0 Å². The molecule has 0 aromatic heterocycles. The molecular weight excluding hydrogens is 182 g/mol. The van der Waals surface area contributed by atoms with Crippen molar-refractivity contribution in [3.05, 3.63) is 29.8 Å². The van der Waals surface area contributed by atoms with Crippen molar-refractivity contribution in [2.75, 3.05) is 19.0 Å². The van der Waals surface area contributed by atoms with Crippen LogP contribution < -0.4 is 5.32 Å². The maximum absolute atomic E-state index is 10.2. The highest BCUT2D eigenvalue weighted by Crippen LogP contribution is 2.14. The lowest BCUT2D eigenvalue weighted by atomic mass is 10.2. The Morgan fingerprint density at radius 2 is 2.21 bits per heavy atom. The van der Waals surface area contributed by atoms with Gasteiger partial charge in [0.2, 0.25) is 0 Å².